The Bertz CT molecular complexity index is 980. The van der Waals surface area contributed by atoms with Crippen molar-refractivity contribution in [1.29, 1.82) is 0 Å². The molecule has 0 aliphatic heterocycles. The molecule has 0 bridgehead atoms. The molecule has 1 heterocycles. The summed E-state index contributed by atoms with van der Waals surface area (Å²) < 4.78 is 15.5. The number of methoxy groups -OCH3 is 1. The van der Waals surface area contributed by atoms with E-state index < -0.39 is 12.6 Å². The summed E-state index contributed by atoms with van der Waals surface area (Å²) in [7, 11) is 1.45. The fourth-order valence-corrected chi connectivity index (χ4v) is 2.28. The summed E-state index contributed by atoms with van der Waals surface area (Å²) in [5, 5.41) is 24.2. The van der Waals surface area contributed by atoms with Crippen molar-refractivity contribution in [3.63, 3.8) is 0 Å². The van der Waals surface area contributed by atoms with Crippen LogP contribution in [0.25, 0.3) is 23.6 Å². The minimum Gasteiger partial charge on any atom is -0.546 e. The van der Waals surface area contributed by atoms with Gasteiger partial charge in [0.1, 0.15) is 12.4 Å². The maximum absolute atomic E-state index is 10.5. The van der Waals surface area contributed by atoms with E-state index in [2.05, 4.69) is 10.1 Å². The van der Waals surface area contributed by atoms with E-state index in [-0.39, 0.29) is 11.6 Å². The zero-order valence-electron chi connectivity index (χ0n) is 14.3. The van der Waals surface area contributed by atoms with Gasteiger partial charge in [-0.3, -0.25) is 0 Å². The lowest BCUT2D eigenvalue weighted by Gasteiger charge is -2.11. The molecule has 0 aliphatic rings. The standard InChI is InChI=1S/C19H16N2O6/c1-25-16-10-12(6-8-15(16)26-11-18(23)24)7-9-17-20-19(27-21-17)13-4-2-3-5-14(13)22/h2-10,22H,11H2,1H3,(H,23,24)/p-1/b9-7+. The Kier molecular flexibility index (Phi) is 5.36. The van der Waals surface area contributed by atoms with E-state index >= 15 is 0 Å². The summed E-state index contributed by atoms with van der Waals surface area (Å²) in [5.74, 6) is -0.0746. The smallest absolute Gasteiger partial charge is 0.261 e. The summed E-state index contributed by atoms with van der Waals surface area (Å²) >= 11 is 0. The Morgan fingerprint density at radius 3 is 2.78 bits per heavy atom. The van der Waals surface area contributed by atoms with Gasteiger partial charge in [0, 0.05) is 0 Å². The van der Waals surface area contributed by atoms with E-state index in [0.29, 0.717) is 22.9 Å². The number of aromatic nitrogens is 2. The maximum Gasteiger partial charge on any atom is 0.261 e. The molecule has 138 valence electrons. The maximum atomic E-state index is 10.5. The van der Waals surface area contributed by atoms with Gasteiger partial charge < -0.3 is 29.0 Å². The monoisotopic (exact) mass is 367 g/mol. The highest BCUT2D eigenvalue weighted by Gasteiger charge is 2.11. The van der Waals surface area contributed by atoms with E-state index in [1.807, 2.05) is 0 Å². The number of rotatable bonds is 7. The predicted molar refractivity (Wildman–Crippen MR) is 93.8 cm³/mol. The third-order valence-corrected chi connectivity index (χ3v) is 3.53. The molecule has 3 rings (SSSR count). The number of carboxylic acids is 1. The molecule has 1 aromatic heterocycles. The van der Waals surface area contributed by atoms with E-state index in [0.717, 1.165) is 5.56 Å². The molecule has 8 heteroatoms. The molecule has 0 amide bonds. The van der Waals surface area contributed by atoms with Crippen LogP contribution in [-0.2, 0) is 4.79 Å². The molecule has 0 unspecified atom stereocenters. The van der Waals surface area contributed by atoms with Gasteiger partial charge in [0.05, 0.1) is 18.6 Å². The minimum atomic E-state index is -1.32. The molecule has 0 saturated heterocycles. The van der Waals surface area contributed by atoms with Gasteiger partial charge in [-0.25, -0.2) is 0 Å². The summed E-state index contributed by atoms with van der Waals surface area (Å²) in [5.41, 5.74) is 1.20. The Hall–Kier alpha value is -3.81. The van der Waals surface area contributed by atoms with Crippen molar-refractivity contribution in [3.05, 3.63) is 53.9 Å². The highest BCUT2D eigenvalue weighted by molar-refractivity contribution is 5.70. The summed E-state index contributed by atoms with van der Waals surface area (Å²) in [4.78, 5) is 14.7. The second-order valence-electron chi connectivity index (χ2n) is 5.38. The minimum absolute atomic E-state index is 0.0496. The number of carboxylic acid groups (broad SMARTS) is 1. The molecule has 1 N–H and O–H groups in total. The first-order chi connectivity index (χ1) is 13.1. The first-order valence-electron chi connectivity index (χ1n) is 7.87. The number of carbonyl (C=O) groups excluding carboxylic acids is 1. The summed E-state index contributed by atoms with van der Waals surface area (Å²) in [6.45, 7) is -0.566. The Morgan fingerprint density at radius 1 is 1.22 bits per heavy atom. The number of ether oxygens (including phenoxy) is 2. The molecule has 0 spiro atoms. The van der Waals surface area contributed by atoms with Gasteiger partial charge in [0.15, 0.2) is 17.3 Å². The third-order valence-electron chi connectivity index (χ3n) is 3.53. The lowest BCUT2D eigenvalue weighted by atomic mass is 10.2. The van der Waals surface area contributed by atoms with Crippen LogP contribution in [0, 0.1) is 0 Å². The Labute approximate surface area is 154 Å². The van der Waals surface area contributed by atoms with Crippen molar-refractivity contribution >= 4 is 18.1 Å². The number of benzene rings is 2. The quantitative estimate of drug-likeness (QED) is 0.671. The van der Waals surface area contributed by atoms with Gasteiger partial charge in [-0.05, 0) is 35.9 Å². The highest BCUT2D eigenvalue weighted by Crippen LogP contribution is 2.29. The largest absolute Gasteiger partial charge is 0.546 e. The van der Waals surface area contributed by atoms with Gasteiger partial charge in [-0.1, -0.05) is 29.4 Å². The Balaban J connectivity index is 1.76. The van der Waals surface area contributed by atoms with E-state index in [9.17, 15) is 15.0 Å². The van der Waals surface area contributed by atoms with Crippen molar-refractivity contribution in [2.45, 2.75) is 0 Å². The van der Waals surface area contributed by atoms with E-state index in [1.165, 1.54) is 13.2 Å². The molecule has 8 nitrogen and oxygen atoms in total. The zero-order chi connectivity index (χ0) is 19.2. The van der Waals surface area contributed by atoms with Crippen LogP contribution in [0.4, 0.5) is 0 Å². The molecule has 0 saturated carbocycles. The van der Waals surface area contributed by atoms with Crippen molar-refractivity contribution in [2.24, 2.45) is 0 Å². The zero-order valence-corrected chi connectivity index (χ0v) is 14.3. The molecular formula is C19H15N2O6-. The van der Waals surface area contributed by atoms with Gasteiger partial charge in [-0.15, -0.1) is 0 Å². The SMILES string of the molecule is COc1cc(/C=C/c2noc(-c3ccccc3O)n2)ccc1OCC(=O)[O-]. The second-order valence-corrected chi connectivity index (χ2v) is 5.38. The van der Waals surface area contributed by atoms with Crippen molar-refractivity contribution < 1.29 is 29.0 Å². The first kappa shape index (κ1) is 18.0. The molecular weight excluding hydrogens is 352 g/mol. The molecule has 0 atom stereocenters. The average Bonchev–Trinajstić information content (AvgIpc) is 3.14. The van der Waals surface area contributed by atoms with Crippen molar-refractivity contribution in [2.75, 3.05) is 13.7 Å². The van der Waals surface area contributed by atoms with Gasteiger partial charge in [-0.2, -0.15) is 4.98 Å². The van der Waals surface area contributed by atoms with Crippen LogP contribution in [-0.4, -0.2) is 34.9 Å². The van der Waals surface area contributed by atoms with E-state index in [1.54, 1.807) is 48.6 Å². The van der Waals surface area contributed by atoms with E-state index in [4.69, 9.17) is 14.0 Å². The summed E-state index contributed by atoms with van der Waals surface area (Å²) in [6, 6.07) is 11.6. The number of aromatic hydroxyl groups is 1. The second kappa shape index (κ2) is 8.05. The number of hydrogen-bond donors (Lipinski definition) is 1. The predicted octanol–water partition coefficient (Wildman–Crippen LogP) is 1.75. The molecule has 2 aromatic carbocycles. The number of aliphatic carboxylic acids is 1. The highest BCUT2D eigenvalue weighted by atomic mass is 16.5. The van der Waals surface area contributed by atoms with Crippen LogP contribution < -0.4 is 14.6 Å². The third kappa shape index (κ3) is 4.43. The van der Waals surface area contributed by atoms with Gasteiger partial charge in [0.25, 0.3) is 5.89 Å². The van der Waals surface area contributed by atoms with Crippen molar-refractivity contribution in [1.82, 2.24) is 10.1 Å². The van der Waals surface area contributed by atoms with Crippen molar-refractivity contribution in [3.8, 4) is 28.7 Å². The average molecular weight is 367 g/mol. The number of hydrogen-bond acceptors (Lipinski definition) is 8. The number of para-hydroxylation sites is 1. The van der Waals surface area contributed by atoms with Gasteiger partial charge >= 0.3 is 0 Å². The lowest BCUT2D eigenvalue weighted by Crippen LogP contribution is -2.29. The fourth-order valence-electron chi connectivity index (χ4n) is 2.28. The van der Waals surface area contributed by atoms with Crippen LogP contribution in [0.1, 0.15) is 11.4 Å². The number of phenols is 1. The normalized spacial score (nSPS) is 10.9. The van der Waals surface area contributed by atoms with Gasteiger partial charge in [0.2, 0.25) is 0 Å². The topological polar surface area (TPSA) is 118 Å². The molecule has 27 heavy (non-hydrogen) atoms. The molecule has 3 aromatic rings. The molecule has 0 radical (unpaired) electrons. The van der Waals surface area contributed by atoms with Crippen LogP contribution >= 0.6 is 0 Å². The number of nitrogens with zero attached hydrogens (tertiary/aromatic N) is 2. The molecule has 0 aliphatic carbocycles. The van der Waals surface area contributed by atoms with Crippen LogP contribution in [0.2, 0.25) is 0 Å². The van der Waals surface area contributed by atoms with Crippen LogP contribution in [0.3, 0.4) is 0 Å². The van der Waals surface area contributed by atoms with Crippen LogP contribution in [0.5, 0.6) is 17.2 Å². The lowest BCUT2D eigenvalue weighted by molar-refractivity contribution is -0.307. The summed E-state index contributed by atoms with van der Waals surface area (Å²) in [6.07, 6.45) is 3.36. The molecule has 0 fully saturated rings. The Morgan fingerprint density at radius 2 is 2.04 bits per heavy atom. The fraction of sp³-hybridized carbons (Fsp3) is 0.105. The first-order valence-corrected chi connectivity index (χ1v) is 7.87. The number of phenolic OH excluding ortho intramolecular Hbond substituents is 1. The number of carbonyl (C=O) groups is 1. The van der Waals surface area contributed by atoms with Crippen LogP contribution in [0.15, 0.2) is 47.0 Å².